The van der Waals surface area contributed by atoms with Gasteiger partial charge in [-0.15, -0.1) is 0 Å². The molecule has 0 bridgehead atoms. The number of nitro benzene ring substituents is 1. The summed E-state index contributed by atoms with van der Waals surface area (Å²) in [7, 11) is 0. The lowest BCUT2D eigenvalue weighted by atomic mass is 10.1. The summed E-state index contributed by atoms with van der Waals surface area (Å²) in [5.41, 5.74) is 0.0642. The number of benzene rings is 2. The third-order valence-corrected chi connectivity index (χ3v) is 3.18. The van der Waals surface area contributed by atoms with E-state index in [4.69, 9.17) is 9.84 Å². The summed E-state index contributed by atoms with van der Waals surface area (Å²) in [4.78, 5) is 33.4. The summed E-state index contributed by atoms with van der Waals surface area (Å²) in [5.74, 6) is -2.37. The quantitative estimate of drug-likeness (QED) is 0.414. The molecule has 0 fully saturated rings. The summed E-state index contributed by atoms with van der Waals surface area (Å²) < 4.78 is 5.16. The first kappa shape index (κ1) is 17.7. The van der Waals surface area contributed by atoms with E-state index in [1.54, 1.807) is 13.0 Å². The molecule has 0 saturated carbocycles. The maximum Gasteiger partial charge on any atom is 0.337 e. The number of ether oxygens (including phenoxy) is 1. The molecule has 0 aromatic heterocycles. The molecule has 0 aliphatic carbocycles. The van der Waals surface area contributed by atoms with Crippen molar-refractivity contribution in [1.29, 1.82) is 0 Å². The smallest absolute Gasteiger partial charge is 0.337 e. The maximum absolute atomic E-state index is 11.9. The summed E-state index contributed by atoms with van der Waals surface area (Å²) in [5, 5.41) is 31.7. The predicted molar refractivity (Wildman–Crippen MR) is 87.0 cm³/mol. The number of hydrogen-bond donors (Lipinski definition) is 3. The Labute approximate surface area is 141 Å². The van der Waals surface area contributed by atoms with E-state index in [2.05, 4.69) is 5.32 Å². The highest BCUT2D eigenvalue weighted by Gasteiger charge is 2.18. The van der Waals surface area contributed by atoms with Crippen LogP contribution in [0.1, 0.15) is 15.9 Å². The molecule has 3 N–H and O–H groups in total. The molecule has 9 heteroatoms. The van der Waals surface area contributed by atoms with E-state index in [-0.39, 0.29) is 28.4 Å². The summed E-state index contributed by atoms with van der Waals surface area (Å²) in [6.07, 6.45) is 0. The molecule has 0 unspecified atom stereocenters. The zero-order valence-electron chi connectivity index (χ0n) is 13.1. The zero-order chi connectivity index (χ0) is 18.6. The second kappa shape index (κ2) is 7.30. The van der Waals surface area contributed by atoms with E-state index in [1.807, 2.05) is 0 Å². The van der Waals surface area contributed by atoms with Gasteiger partial charge in [0.25, 0.3) is 5.91 Å². The monoisotopic (exact) mass is 346 g/mol. The Morgan fingerprint density at radius 2 is 1.96 bits per heavy atom. The lowest BCUT2D eigenvalue weighted by Gasteiger charge is -2.10. The number of phenolic OH excluding ortho intramolecular Hbond substituents is 1. The van der Waals surface area contributed by atoms with Gasteiger partial charge in [0.05, 0.1) is 16.2 Å². The molecule has 0 heterocycles. The maximum atomic E-state index is 11.9. The fourth-order valence-electron chi connectivity index (χ4n) is 2.04. The number of carbonyl (C=O) groups is 2. The van der Waals surface area contributed by atoms with Crippen LogP contribution in [0.25, 0.3) is 0 Å². The number of aromatic carboxylic acids is 1. The van der Waals surface area contributed by atoms with Gasteiger partial charge in [-0.1, -0.05) is 6.07 Å². The largest absolute Gasteiger partial charge is 0.508 e. The van der Waals surface area contributed by atoms with Gasteiger partial charge in [-0.05, 0) is 36.8 Å². The molecule has 0 atom stereocenters. The van der Waals surface area contributed by atoms with Gasteiger partial charge in [-0.2, -0.15) is 0 Å². The molecule has 2 aromatic rings. The van der Waals surface area contributed by atoms with Gasteiger partial charge in [0, 0.05) is 6.07 Å². The van der Waals surface area contributed by atoms with Gasteiger partial charge in [-0.3, -0.25) is 14.9 Å². The molecule has 2 aromatic carbocycles. The first-order valence-corrected chi connectivity index (χ1v) is 7.02. The Morgan fingerprint density at radius 3 is 2.60 bits per heavy atom. The Balaban J connectivity index is 2.10. The number of nitrogens with zero attached hydrogens (tertiary/aromatic N) is 1. The van der Waals surface area contributed by atoms with Crippen LogP contribution in [-0.2, 0) is 4.79 Å². The molecule has 0 spiro atoms. The van der Waals surface area contributed by atoms with Crippen molar-refractivity contribution in [1.82, 2.24) is 0 Å². The van der Waals surface area contributed by atoms with Crippen LogP contribution in [0.3, 0.4) is 0 Å². The van der Waals surface area contributed by atoms with E-state index < -0.39 is 23.4 Å². The zero-order valence-corrected chi connectivity index (χ0v) is 13.1. The molecule has 1 amide bonds. The van der Waals surface area contributed by atoms with Crippen LogP contribution < -0.4 is 10.1 Å². The fourth-order valence-corrected chi connectivity index (χ4v) is 2.04. The normalized spacial score (nSPS) is 10.1. The number of hydrogen-bond acceptors (Lipinski definition) is 6. The number of rotatable bonds is 6. The van der Waals surface area contributed by atoms with Crippen LogP contribution in [0.2, 0.25) is 0 Å². The van der Waals surface area contributed by atoms with Crippen LogP contribution in [0.5, 0.6) is 11.5 Å². The number of carbonyl (C=O) groups excluding carboxylic acids is 1. The van der Waals surface area contributed by atoms with E-state index in [0.717, 1.165) is 6.07 Å². The minimum atomic E-state index is -1.33. The molecule has 0 aliphatic rings. The number of phenols is 1. The van der Waals surface area contributed by atoms with Crippen LogP contribution >= 0.6 is 0 Å². The van der Waals surface area contributed by atoms with E-state index in [9.17, 15) is 24.8 Å². The van der Waals surface area contributed by atoms with Crippen molar-refractivity contribution in [3.05, 3.63) is 57.6 Å². The standard InChI is InChI=1S/C16H14N2O7/c1-9-2-5-14(13(6-9)18(23)24)25-8-15(20)17-12-4-3-10(19)7-11(12)16(21)22/h2-7,19H,8H2,1H3,(H,17,20)(H,21,22). The van der Waals surface area contributed by atoms with Crippen molar-refractivity contribution in [3.8, 4) is 11.5 Å². The highest BCUT2D eigenvalue weighted by Crippen LogP contribution is 2.28. The van der Waals surface area contributed by atoms with E-state index >= 15 is 0 Å². The van der Waals surface area contributed by atoms with E-state index in [0.29, 0.717) is 5.56 Å². The SMILES string of the molecule is Cc1ccc(OCC(=O)Nc2ccc(O)cc2C(=O)O)c([N+](=O)[O-])c1. The van der Waals surface area contributed by atoms with Crippen molar-refractivity contribution in [2.24, 2.45) is 0 Å². The van der Waals surface area contributed by atoms with Crippen molar-refractivity contribution in [2.75, 3.05) is 11.9 Å². The highest BCUT2D eigenvalue weighted by molar-refractivity contribution is 6.01. The van der Waals surface area contributed by atoms with Gasteiger partial charge >= 0.3 is 11.7 Å². The number of amides is 1. The molecule has 25 heavy (non-hydrogen) atoms. The van der Waals surface area contributed by atoms with Crippen molar-refractivity contribution < 1.29 is 29.5 Å². The van der Waals surface area contributed by atoms with Crippen molar-refractivity contribution in [3.63, 3.8) is 0 Å². The molecule has 0 saturated heterocycles. The minimum absolute atomic E-state index is 0.0303. The van der Waals surface area contributed by atoms with Crippen LogP contribution in [0, 0.1) is 17.0 Å². The summed E-state index contributed by atoms with van der Waals surface area (Å²) in [6.45, 7) is 1.13. The highest BCUT2D eigenvalue weighted by atomic mass is 16.6. The van der Waals surface area contributed by atoms with Gasteiger partial charge in [0.15, 0.2) is 12.4 Å². The van der Waals surface area contributed by atoms with Crippen LogP contribution in [0.15, 0.2) is 36.4 Å². The number of anilines is 1. The second-order valence-corrected chi connectivity index (χ2v) is 5.10. The Bertz CT molecular complexity index is 848. The number of carboxylic acids is 1. The second-order valence-electron chi connectivity index (χ2n) is 5.10. The molecular weight excluding hydrogens is 332 g/mol. The molecule has 0 radical (unpaired) electrons. The number of nitrogens with one attached hydrogen (secondary N) is 1. The van der Waals surface area contributed by atoms with Gasteiger partial charge in [-0.25, -0.2) is 4.79 Å². The van der Waals surface area contributed by atoms with Crippen molar-refractivity contribution >= 4 is 23.3 Å². The topological polar surface area (TPSA) is 139 Å². The third-order valence-electron chi connectivity index (χ3n) is 3.18. The summed E-state index contributed by atoms with van der Waals surface area (Å²) in [6, 6.07) is 7.73. The van der Waals surface area contributed by atoms with Gasteiger partial charge in [0.2, 0.25) is 0 Å². The van der Waals surface area contributed by atoms with E-state index in [1.165, 1.54) is 24.3 Å². The first-order valence-electron chi connectivity index (χ1n) is 7.02. The predicted octanol–water partition coefficient (Wildman–Crippen LogP) is 2.32. The summed E-state index contributed by atoms with van der Waals surface area (Å²) >= 11 is 0. The number of carboxylic acid groups (broad SMARTS) is 1. The minimum Gasteiger partial charge on any atom is -0.508 e. The molecule has 0 aliphatic heterocycles. The van der Waals surface area contributed by atoms with Crippen LogP contribution in [0.4, 0.5) is 11.4 Å². The Hall–Kier alpha value is -3.62. The Kier molecular flexibility index (Phi) is 5.18. The molecule has 2 rings (SSSR count). The average Bonchev–Trinajstić information content (AvgIpc) is 2.55. The number of aryl methyl sites for hydroxylation is 1. The first-order chi connectivity index (χ1) is 11.8. The lowest BCUT2D eigenvalue weighted by molar-refractivity contribution is -0.385. The molecule has 130 valence electrons. The third kappa shape index (κ3) is 4.44. The molecule has 9 nitrogen and oxygen atoms in total. The Morgan fingerprint density at radius 1 is 1.24 bits per heavy atom. The van der Waals surface area contributed by atoms with Crippen molar-refractivity contribution in [2.45, 2.75) is 6.92 Å². The van der Waals surface area contributed by atoms with Gasteiger partial charge < -0.3 is 20.3 Å². The fraction of sp³-hybridized carbons (Fsp3) is 0.125. The number of aromatic hydroxyl groups is 1. The lowest BCUT2D eigenvalue weighted by Crippen LogP contribution is -2.21. The molecular formula is C16H14N2O7. The van der Waals surface area contributed by atoms with Crippen LogP contribution in [-0.4, -0.2) is 33.6 Å². The average molecular weight is 346 g/mol. The number of nitro groups is 1. The van der Waals surface area contributed by atoms with Gasteiger partial charge in [0.1, 0.15) is 5.75 Å².